The zero-order valence-corrected chi connectivity index (χ0v) is 11.5. The van der Waals surface area contributed by atoms with Gasteiger partial charge in [0.15, 0.2) is 0 Å². The summed E-state index contributed by atoms with van der Waals surface area (Å²) in [6, 6.07) is 3.58. The molecule has 1 aromatic carbocycles. The van der Waals surface area contributed by atoms with E-state index in [-0.39, 0.29) is 11.9 Å². The van der Waals surface area contributed by atoms with Crippen LogP contribution in [0, 0.1) is 5.92 Å². The summed E-state index contributed by atoms with van der Waals surface area (Å²) in [7, 11) is 1.37. The number of anilines is 1. The largest absolute Gasteiger partial charge is 0.469 e. The highest BCUT2D eigenvalue weighted by Gasteiger charge is 2.15. The molecular formula is C11H12ClN3O2S. The highest BCUT2D eigenvalue weighted by molar-refractivity contribution is 7.00. The highest BCUT2D eigenvalue weighted by Crippen LogP contribution is 2.29. The molecule has 1 heterocycles. The van der Waals surface area contributed by atoms with Gasteiger partial charge < -0.3 is 10.1 Å². The number of esters is 1. The minimum atomic E-state index is -0.262. The Morgan fingerprint density at radius 3 is 3.06 bits per heavy atom. The number of rotatable bonds is 4. The predicted octanol–water partition coefficient (Wildman–Crippen LogP) is 2.57. The maximum absolute atomic E-state index is 11.3. The fourth-order valence-corrected chi connectivity index (χ4v) is 2.30. The summed E-state index contributed by atoms with van der Waals surface area (Å²) in [6.07, 6.45) is 0. The molecule has 0 aliphatic rings. The third kappa shape index (κ3) is 2.54. The van der Waals surface area contributed by atoms with Crippen molar-refractivity contribution in [2.45, 2.75) is 6.92 Å². The second-order valence-corrected chi connectivity index (χ2v) is 4.80. The van der Waals surface area contributed by atoms with Crippen LogP contribution in [0.1, 0.15) is 6.92 Å². The number of hydrogen-bond donors (Lipinski definition) is 1. The van der Waals surface area contributed by atoms with Crippen molar-refractivity contribution in [3.05, 3.63) is 17.2 Å². The normalized spacial score (nSPS) is 12.4. The van der Waals surface area contributed by atoms with E-state index < -0.39 is 0 Å². The topological polar surface area (TPSA) is 64.1 Å². The third-order valence-corrected chi connectivity index (χ3v) is 3.42. The Balaban J connectivity index is 2.18. The summed E-state index contributed by atoms with van der Waals surface area (Å²) in [5, 5.41) is 3.69. The minimum Gasteiger partial charge on any atom is -0.469 e. The molecule has 0 fully saturated rings. The third-order valence-electron chi connectivity index (χ3n) is 2.57. The van der Waals surface area contributed by atoms with Gasteiger partial charge in [-0.2, -0.15) is 8.75 Å². The van der Waals surface area contributed by atoms with Crippen molar-refractivity contribution in [1.82, 2.24) is 8.75 Å². The van der Waals surface area contributed by atoms with E-state index in [4.69, 9.17) is 11.6 Å². The lowest BCUT2D eigenvalue weighted by Crippen LogP contribution is -2.21. The molecule has 7 heteroatoms. The van der Waals surface area contributed by atoms with Crippen LogP contribution in [0.25, 0.3) is 11.0 Å². The van der Waals surface area contributed by atoms with E-state index >= 15 is 0 Å². The summed E-state index contributed by atoms with van der Waals surface area (Å²) in [5.74, 6) is -0.518. The van der Waals surface area contributed by atoms with Crippen LogP contribution in [-0.2, 0) is 9.53 Å². The van der Waals surface area contributed by atoms with Crippen molar-refractivity contribution in [3.8, 4) is 0 Å². The lowest BCUT2D eigenvalue weighted by Gasteiger charge is -2.12. The van der Waals surface area contributed by atoms with Crippen LogP contribution in [0.3, 0.4) is 0 Å². The van der Waals surface area contributed by atoms with Gasteiger partial charge in [0.25, 0.3) is 0 Å². The van der Waals surface area contributed by atoms with Crippen molar-refractivity contribution in [2.75, 3.05) is 19.0 Å². The second-order valence-electron chi connectivity index (χ2n) is 3.86. The molecule has 0 radical (unpaired) electrons. The van der Waals surface area contributed by atoms with Crippen molar-refractivity contribution >= 4 is 46.0 Å². The van der Waals surface area contributed by atoms with Crippen LogP contribution in [0.4, 0.5) is 5.69 Å². The summed E-state index contributed by atoms with van der Waals surface area (Å²) in [6.45, 7) is 2.22. The van der Waals surface area contributed by atoms with Crippen LogP contribution in [0.15, 0.2) is 12.1 Å². The van der Waals surface area contributed by atoms with Gasteiger partial charge in [-0.1, -0.05) is 18.5 Å². The molecule has 0 amide bonds. The first-order valence-electron chi connectivity index (χ1n) is 5.36. The van der Waals surface area contributed by atoms with Crippen LogP contribution in [-0.4, -0.2) is 28.4 Å². The molecule has 2 aromatic rings. The van der Waals surface area contributed by atoms with Gasteiger partial charge in [-0.15, -0.1) is 0 Å². The first kappa shape index (κ1) is 13.0. The van der Waals surface area contributed by atoms with E-state index in [1.165, 1.54) is 7.11 Å². The number of fused-ring (bicyclic) bond motifs is 1. The van der Waals surface area contributed by atoms with Crippen molar-refractivity contribution in [2.24, 2.45) is 5.92 Å². The van der Waals surface area contributed by atoms with Crippen LogP contribution in [0.2, 0.25) is 5.02 Å². The first-order chi connectivity index (χ1) is 8.63. The SMILES string of the molecule is COC(=O)C(C)CNc1c(Cl)ccc2nsnc12. The average molecular weight is 286 g/mol. The zero-order valence-electron chi connectivity index (χ0n) is 9.94. The van der Waals surface area contributed by atoms with E-state index in [9.17, 15) is 4.79 Å². The predicted molar refractivity (Wildman–Crippen MR) is 72.1 cm³/mol. The monoisotopic (exact) mass is 285 g/mol. The molecule has 1 unspecified atom stereocenters. The van der Waals surface area contributed by atoms with Gasteiger partial charge in [-0.3, -0.25) is 4.79 Å². The summed E-state index contributed by atoms with van der Waals surface area (Å²) < 4.78 is 13.0. The number of carbonyl (C=O) groups excluding carboxylic acids is 1. The summed E-state index contributed by atoms with van der Waals surface area (Å²) >= 11 is 7.25. The Kier molecular flexibility index (Phi) is 3.98. The number of nitrogens with zero attached hydrogens (tertiary/aromatic N) is 2. The standard InChI is InChI=1S/C11H12ClN3O2S/c1-6(11(16)17-2)5-13-9-7(12)3-4-8-10(9)15-18-14-8/h3-4,6,13H,5H2,1-2H3. The molecule has 18 heavy (non-hydrogen) atoms. The summed E-state index contributed by atoms with van der Waals surface area (Å²) in [4.78, 5) is 11.3. The molecule has 1 atom stereocenters. The van der Waals surface area contributed by atoms with Gasteiger partial charge in [0, 0.05) is 6.54 Å². The van der Waals surface area contributed by atoms with Crippen molar-refractivity contribution in [1.29, 1.82) is 0 Å². The van der Waals surface area contributed by atoms with Gasteiger partial charge in [-0.25, -0.2) is 0 Å². The molecule has 0 saturated heterocycles. The van der Waals surface area contributed by atoms with E-state index in [1.807, 2.05) is 6.07 Å². The quantitative estimate of drug-likeness (QED) is 0.875. The number of carbonyl (C=O) groups is 1. The molecular weight excluding hydrogens is 274 g/mol. The van der Waals surface area contributed by atoms with Crippen LogP contribution in [0.5, 0.6) is 0 Å². The highest BCUT2D eigenvalue weighted by atomic mass is 35.5. The molecule has 0 bridgehead atoms. The van der Waals surface area contributed by atoms with Crippen LogP contribution >= 0.6 is 23.3 Å². The van der Waals surface area contributed by atoms with E-state index in [0.717, 1.165) is 22.8 Å². The fourth-order valence-electron chi connectivity index (χ4n) is 1.53. The second kappa shape index (κ2) is 5.49. The molecule has 1 N–H and O–H groups in total. The lowest BCUT2D eigenvalue weighted by molar-refractivity contribution is -0.144. The van der Waals surface area contributed by atoms with Crippen molar-refractivity contribution < 1.29 is 9.53 Å². The Bertz CT molecular complexity index is 572. The molecule has 0 saturated carbocycles. The maximum Gasteiger partial charge on any atom is 0.310 e. The van der Waals surface area contributed by atoms with Gasteiger partial charge in [-0.05, 0) is 12.1 Å². The molecule has 5 nitrogen and oxygen atoms in total. The minimum absolute atomic E-state index is 0.257. The Morgan fingerprint density at radius 2 is 2.33 bits per heavy atom. The number of halogens is 1. The van der Waals surface area contributed by atoms with Gasteiger partial charge >= 0.3 is 5.97 Å². The maximum atomic E-state index is 11.3. The number of nitrogens with one attached hydrogen (secondary N) is 1. The van der Waals surface area contributed by atoms with Gasteiger partial charge in [0.1, 0.15) is 11.0 Å². The van der Waals surface area contributed by atoms with Crippen LogP contribution < -0.4 is 5.32 Å². The molecule has 2 rings (SSSR count). The zero-order chi connectivity index (χ0) is 13.1. The Hall–Kier alpha value is -1.40. The number of methoxy groups -OCH3 is 1. The molecule has 96 valence electrons. The van der Waals surface area contributed by atoms with E-state index in [1.54, 1.807) is 13.0 Å². The lowest BCUT2D eigenvalue weighted by atomic mass is 10.2. The molecule has 0 aliphatic heterocycles. The van der Waals surface area contributed by atoms with E-state index in [2.05, 4.69) is 18.8 Å². The smallest absolute Gasteiger partial charge is 0.310 e. The van der Waals surface area contributed by atoms with Gasteiger partial charge in [0.05, 0.1) is 35.5 Å². The number of benzene rings is 1. The first-order valence-corrected chi connectivity index (χ1v) is 6.46. The summed E-state index contributed by atoms with van der Waals surface area (Å²) in [5.41, 5.74) is 2.22. The van der Waals surface area contributed by atoms with Gasteiger partial charge in [0.2, 0.25) is 0 Å². The fraction of sp³-hybridized carbons (Fsp3) is 0.364. The Morgan fingerprint density at radius 1 is 1.56 bits per heavy atom. The molecule has 1 aromatic heterocycles. The number of ether oxygens (including phenoxy) is 1. The number of hydrogen-bond acceptors (Lipinski definition) is 6. The number of aromatic nitrogens is 2. The molecule has 0 spiro atoms. The average Bonchev–Trinajstić information content (AvgIpc) is 2.84. The Labute approximate surface area is 113 Å². The van der Waals surface area contributed by atoms with E-state index in [0.29, 0.717) is 17.3 Å². The van der Waals surface area contributed by atoms with Crippen molar-refractivity contribution in [3.63, 3.8) is 0 Å². The molecule has 0 aliphatic carbocycles.